The summed E-state index contributed by atoms with van der Waals surface area (Å²) in [6, 6.07) is 2.06. The van der Waals surface area contributed by atoms with Crippen molar-refractivity contribution in [3.05, 3.63) is 11.8 Å². The zero-order valence-electron chi connectivity index (χ0n) is 14.5. The van der Waals surface area contributed by atoms with Crippen LogP contribution in [0.25, 0.3) is 0 Å². The first-order valence-electron chi connectivity index (χ1n) is 8.98. The molecule has 1 amide bonds. The minimum atomic E-state index is 0.0808. The maximum atomic E-state index is 11.4. The summed E-state index contributed by atoms with van der Waals surface area (Å²) in [4.78, 5) is 25.5. The fourth-order valence-corrected chi connectivity index (χ4v) is 3.07. The predicted molar refractivity (Wildman–Crippen MR) is 93.5 cm³/mol. The lowest BCUT2D eigenvalue weighted by Crippen LogP contribution is -2.37. The first-order valence-corrected chi connectivity index (χ1v) is 8.98. The molecule has 0 radical (unpaired) electrons. The van der Waals surface area contributed by atoms with E-state index in [4.69, 9.17) is 14.7 Å². The van der Waals surface area contributed by atoms with Gasteiger partial charge in [-0.1, -0.05) is 6.92 Å². The summed E-state index contributed by atoms with van der Waals surface area (Å²) in [7, 11) is 0. The standard InChI is InChI=1S/C17H27N5O2/c1-2-16(23)18-6-5-14-13-15(21-9-11-24-12-10-21)20-17(19-14)22-7-3-4-8-22/h13H,2-12H2,1H3,(H,18,23). The average Bonchev–Trinajstić information content (AvgIpc) is 3.17. The van der Waals surface area contributed by atoms with Crippen LogP contribution in [0, 0.1) is 0 Å². The molecule has 0 spiro atoms. The van der Waals surface area contributed by atoms with Crippen LogP contribution < -0.4 is 15.1 Å². The zero-order valence-corrected chi connectivity index (χ0v) is 14.5. The fourth-order valence-electron chi connectivity index (χ4n) is 3.07. The van der Waals surface area contributed by atoms with Crippen LogP contribution >= 0.6 is 0 Å². The van der Waals surface area contributed by atoms with Gasteiger partial charge in [-0.2, -0.15) is 4.98 Å². The smallest absolute Gasteiger partial charge is 0.227 e. The summed E-state index contributed by atoms with van der Waals surface area (Å²) in [5.41, 5.74) is 0.991. The minimum absolute atomic E-state index is 0.0808. The van der Waals surface area contributed by atoms with Crippen LogP contribution in [0.2, 0.25) is 0 Å². The maximum absolute atomic E-state index is 11.4. The number of amides is 1. The summed E-state index contributed by atoms with van der Waals surface area (Å²) in [6.45, 7) is 7.74. The third kappa shape index (κ3) is 4.35. The number of nitrogens with zero attached hydrogens (tertiary/aromatic N) is 4. The van der Waals surface area contributed by atoms with E-state index in [2.05, 4.69) is 21.2 Å². The summed E-state index contributed by atoms with van der Waals surface area (Å²) >= 11 is 0. The van der Waals surface area contributed by atoms with Crippen LogP contribution in [-0.4, -0.2) is 61.8 Å². The topological polar surface area (TPSA) is 70.6 Å². The molecule has 2 saturated heterocycles. The number of nitrogens with one attached hydrogen (secondary N) is 1. The van der Waals surface area contributed by atoms with Gasteiger partial charge in [-0.05, 0) is 12.8 Å². The highest BCUT2D eigenvalue weighted by Gasteiger charge is 2.19. The van der Waals surface area contributed by atoms with Crippen LogP contribution in [0.4, 0.5) is 11.8 Å². The summed E-state index contributed by atoms with van der Waals surface area (Å²) in [5, 5.41) is 2.92. The van der Waals surface area contributed by atoms with Gasteiger partial charge < -0.3 is 19.9 Å². The van der Waals surface area contributed by atoms with Crippen LogP contribution in [0.15, 0.2) is 6.07 Å². The van der Waals surface area contributed by atoms with Crippen molar-refractivity contribution in [3.63, 3.8) is 0 Å². The molecule has 132 valence electrons. The molecule has 7 heteroatoms. The van der Waals surface area contributed by atoms with Gasteiger partial charge in [0.1, 0.15) is 5.82 Å². The Balaban J connectivity index is 1.75. The van der Waals surface area contributed by atoms with Gasteiger partial charge in [-0.15, -0.1) is 0 Å². The molecule has 1 aromatic heterocycles. The van der Waals surface area contributed by atoms with Crippen LogP contribution in [0.3, 0.4) is 0 Å². The average molecular weight is 333 g/mol. The number of carbonyl (C=O) groups is 1. The normalized spacial score (nSPS) is 18.0. The number of carbonyl (C=O) groups excluding carboxylic acids is 1. The molecule has 1 N–H and O–H groups in total. The molecule has 2 aliphatic rings. The number of ether oxygens (including phenoxy) is 1. The van der Waals surface area contributed by atoms with Gasteiger partial charge in [0.15, 0.2) is 0 Å². The number of morpholine rings is 1. The summed E-state index contributed by atoms with van der Waals surface area (Å²) in [6.07, 6.45) is 3.65. The van der Waals surface area contributed by atoms with Crippen LogP contribution in [-0.2, 0) is 16.0 Å². The number of hydrogen-bond donors (Lipinski definition) is 1. The van der Waals surface area contributed by atoms with Gasteiger partial charge >= 0.3 is 0 Å². The Kier molecular flexibility index (Phi) is 5.85. The van der Waals surface area contributed by atoms with Gasteiger partial charge in [0, 0.05) is 57.3 Å². The molecule has 2 aliphatic heterocycles. The molecule has 0 aromatic carbocycles. The van der Waals surface area contributed by atoms with Crippen molar-refractivity contribution in [3.8, 4) is 0 Å². The SMILES string of the molecule is CCC(=O)NCCc1cc(N2CCOCC2)nc(N2CCCC2)n1. The van der Waals surface area contributed by atoms with Crippen molar-refractivity contribution in [2.75, 3.05) is 55.7 Å². The molecule has 3 heterocycles. The largest absolute Gasteiger partial charge is 0.378 e. The predicted octanol–water partition coefficient (Wildman–Crippen LogP) is 0.982. The van der Waals surface area contributed by atoms with Gasteiger partial charge in [0.25, 0.3) is 0 Å². The lowest BCUT2D eigenvalue weighted by atomic mass is 10.2. The highest BCUT2D eigenvalue weighted by atomic mass is 16.5. The summed E-state index contributed by atoms with van der Waals surface area (Å²) in [5.74, 6) is 1.89. The van der Waals surface area contributed by atoms with Crippen LogP contribution in [0.1, 0.15) is 31.9 Å². The minimum Gasteiger partial charge on any atom is -0.378 e. The quantitative estimate of drug-likeness (QED) is 0.837. The highest BCUT2D eigenvalue weighted by Crippen LogP contribution is 2.22. The van der Waals surface area contributed by atoms with Crippen molar-refractivity contribution in [2.24, 2.45) is 0 Å². The molecule has 0 aliphatic carbocycles. The second-order valence-electron chi connectivity index (χ2n) is 6.26. The van der Waals surface area contributed by atoms with E-state index in [0.717, 1.165) is 63.3 Å². The van der Waals surface area contributed by atoms with E-state index in [0.29, 0.717) is 13.0 Å². The van der Waals surface area contributed by atoms with E-state index in [1.807, 2.05) is 6.92 Å². The third-order valence-corrected chi connectivity index (χ3v) is 4.50. The fraction of sp³-hybridized carbons (Fsp3) is 0.706. The second kappa shape index (κ2) is 8.28. The van der Waals surface area contributed by atoms with Crippen molar-refractivity contribution < 1.29 is 9.53 Å². The molecule has 0 unspecified atom stereocenters. The first-order chi connectivity index (χ1) is 11.8. The molecular formula is C17H27N5O2. The maximum Gasteiger partial charge on any atom is 0.227 e. The molecule has 0 saturated carbocycles. The molecule has 1 aromatic rings. The Morgan fingerprint density at radius 3 is 2.62 bits per heavy atom. The van der Waals surface area contributed by atoms with Crippen molar-refractivity contribution in [2.45, 2.75) is 32.6 Å². The lowest BCUT2D eigenvalue weighted by Gasteiger charge is -2.29. The lowest BCUT2D eigenvalue weighted by molar-refractivity contribution is -0.120. The Bertz CT molecular complexity index is 554. The number of aromatic nitrogens is 2. The van der Waals surface area contributed by atoms with E-state index < -0.39 is 0 Å². The van der Waals surface area contributed by atoms with E-state index in [1.165, 1.54) is 12.8 Å². The molecule has 24 heavy (non-hydrogen) atoms. The molecule has 0 atom stereocenters. The second-order valence-corrected chi connectivity index (χ2v) is 6.26. The zero-order chi connectivity index (χ0) is 16.8. The molecule has 2 fully saturated rings. The first kappa shape index (κ1) is 17.0. The van der Waals surface area contributed by atoms with E-state index in [-0.39, 0.29) is 5.91 Å². The van der Waals surface area contributed by atoms with Gasteiger partial charge in [-0.25, -0.2) is 4.98 Å². The number of rotatable bonds is 6. The van der Waals surface area contributed by atoms with E-state index in [9.17, 15) is 4.79 Å². The molecule has 0 bridgehead atoms. The highest BCUT2D eigenvalue weighted by molar-refractivity contribution is 5.75. The van der Waals surface area contributed by atoms with Gasteiger partial charge in [0.2, 0.25) is 11.9 Å². The number of hydrogen-bond acceptors (Lipinski definition) is 6. The molecule has 7 nitrogen and oxygen atoms in total. The van der Waals surface area contributed by atoms with Crippen molar-refractivity contribution >= 4 is 17.7 Å². The Labute approximate surface area is 143 Å². The van der Waals surface area contributed by atoms with Crippen molar-refractivity contribution in [1.29, 1.82) is 0 Å². The third-order valence-electron chi connectivity index (χ3n) is 4.50. The molecule has 3 rings (SSSR count). The van der Waals surface area contributed by atoms with E-state index >= 15 is 0 Å². The summed E-state index contributed by atoms with van der Waals surface area (Å²) < 4.78 is 5.44. The van der Waals surface area contributed by atoms with E-state index in [1.54, 1.807) is 0 Å². The molecular weight excluding hydrogens is 306 g/mol. The van der Waals surface area contributed by atoms with Crippen LogP contribution in [0.5, 0.6) is 0 Å². The van der Waals surface area contributed by atoms with Crippen molar-refractivity contribution in [1.82, 2.24) is 15.3 Å². The number of anilines is 2. The Morgan fingerprint density at radius 2 is 1.92 bits per heavy atom. The monoisotopic (exact) mass is 333 g/mol. The van der Waals surface area contributed by atoms with Gasteiger partial charge in [0.05, 0.1) is 13.2 Å². The Morgan fingerprint density at radius 1 is 1.17 bits per heavy atom. The van der Waals surface area contributed by atoms with Gasteiger partial charge in [-0.3, -0.25) is 4.79 Å². The Hall–Kier alpha value is -1.89.